The number of rotatable bonds is 12. The largest absolute Gasteiger partial charge is 0.490 e. The van der Waals surface area contributed by atoms with Crippen LogP contribution in [-0.2, 0) is 24.2 Å². The van der Waals surface area contributed by atoms with E-state index in [0.29, 0.717) is 39.1 Å². The zero-order valence-electron chi connectivity index (χ0n) is 19.6. The van der Waals surface area contributed by atoms with Crippen LogP contribution in [-0.4, -0.2) is 35.2 Å². The van der Waals surface area contributed by atoms with Gasteiger partial charge < -0.3 is 19.4 Å². The Morgan fingerprint density at radius 2 is 1.59 bits per heavy atom. The highest BCUT2D eigenvalue weighted by molar-refractivity contribution is 5.77. The summed E-state index contributed by atoms with van der Waals surface area (Å²) in [5.74, 6) is 2.48. The first-order chi connectivity index (χ1) is 16.7. The molecule has 0 bridgehead atoms. The molecule has 0 fully saturated rings. The van der Waals surface area contributed by atoms with Gasteiger partial charge in [0.05, 0.1) is 24.2 Å². The number of aryl methyl sites for hydroxylation is 1. The highest BCUT2D eigenvalue weighted by Crippen LogP contribution is 2.26. The molecule has 1 N–H and O–H groups in total. The van der Waals surface area contributed by atoms with Gasteiger partial charge in [-0.15, -0.1) is 0 Å². The molecule has 0 atom stereocenters. The fraction of sp³-hybridized carbons (Fsp3) is 0.286. The predicted octanol–water partition coefficient (Wildman–Crippen LogP) is 4.81. The zero-order chi connectivity index (χ0) is 23.6. The lowest BCUT2D eigenvalue weighted by molar-refractivity contribution is -0.121. The number of imidazole rings is 1. The van der Waals surface area contributed by atoms with Crippen LogP contribution >= 0.6 is 0 Å². The van der Waals surface area contributed by atoms with Gasteiger partial charge in [-0.25, -0.2) is 4.98 Å². The molecule has 0 aliphatic rings. The molecule has 1 aromatic heterocycles. The molecule has 0 aliphatic heterocycles. The number of hydrogen-bond acceptors (Lipinski definition) is 4. The topological polar surface area (TPSA) is 65.4 Å². The molecule has 3 aromatic carbocycles. The van der Waals surface area contributed by atoms with E-state index in [2.05, 4.69) is 16.0 Å². The van der Waals surface area contributed by atoms with E-state index in [0.717, 1.165) is 34.8 Å². The van der Waals surface area contributed by atoms with Gasteiger partial charge in [0.25, 0.3) is 0 Å². The summed E-state index contributed by atoms with van der Waals surface area (Å²) in [7, 11) is 0. The molecular weight excluding hydrogens is 426 g/mol. The van der Waals surface area contributed by atoms with Crippen LogP contribution in [0, 0.1) is 0 Å². The van der Waals surface area contributed by atoms with Crippen molar-refractivity contribution in [2.75, 3.05) is 19.8 Å². The van der Waals surface area contributed by atoms with E-state index in [1.165, 1.54) is 5.56 Å². The number of carbonyl (C=O) groups excluding carboxylic acids is 1. The number of nitrogens with one attached hydrogen (secondary N) is 1. The maximum atomic E-state index is 12.3. The first-order valence-electron chi connectivity index (χ1n) is 11.8. The Morgan fingerprint density at radius 3 is 2.38 bits per heavy atom. The van der Waals surface area contributed by atoms with Gasteiger partial charge in [-0.3, -0.25) is 4.79 Å². The van der Waals surface area contributed by atoms with Crippen molar-refractivity contribution in [3.05, 3.63) is 90.3 Å². The summed E-state index contributed by atoms with van der Waals surface area (Å²) in [5, 5.41) is 3.04. The number of hydrogen-bond donors (Lipinski definition) is 1. The van der Waals surface area contributed by atoms with Gasteiger partial charge in [0.2, 0.25) is 5.91 Å². The van der Waals surface area contributed by atoms with Crippen molar-refractivity contribution in [2.45, 2.75) is 32.7 Å². The molecule has 0 saturated heterocycles. The number of ether oxygens (including phenoxy) is 2. The van der Waals surface area contributed by atoms with Gasteiger partial charge in [0.15, 0.2) is 11.5 Å². The summed E-state index contributed by atoms with van der Waals surface area (Å²) in [5.41, 5.74) is 3.18. The zero-order valence-corrected chi connectivity index (χ0v) is 19.6. The molecule has 6 nitrogen and oxygen atoms in total. The molecule has 4 aromatic rings. The van der Waals surface area contributed by atoms with Crippen molar-refractivity contribution >= 4 is 16.9 Å². The third-order valence-electron chi connectivity index (χ3n) is 5.61. The van der Waals surface area contributed by atoms with Gasteiger partial charge in [-0.1, -0.05) is 54.6 Å². The predicted molar refractivity (Wildman–Crippen MR) is 134 cm³/mol. The second kappa shape index (κ2) is 11.9. The van der Waals surface area contributed by atoms with E-state index in [-0.39, 0.29) is 5.91 Å². The smallest absolute Gasteiger partial charge is 0.220 e. The fourth-order valence-corrected chi connectivity index (χ4v) is 3.96. The molecule has 1 heterocycles. The maximum Gasteiger partial charge on any atom is 0.220 e. The minimum absolute atomic E-state index is 0.0578. The van der Waals surface area contributed by atoms with E-state index in [4.69, 9.17) is 14.5 Å². The molecule has 0 spiro atoms. The fourth-order valence-electron chi connectivity index (χ4n) is 3.96. The molecule has 0 unspecified atom stereocenters. The lowest BCUT2D eigenvalue weighted by atomic mass is 10.1. The van der Waals surface area contributed by atoms with Crippen molar-refractivity contribution < 1.29 is 14.3 Å². The van der Waals surface area contributed by atoms with Crippen LogP contribution < -0.4 is 14.8 Å². The van der Waals surface area contributed by atoms with Crippen LogP contribution in [0.5, 0.6) is 11.5 Å². The molecule has 1 amide bonds. The molecular formula is C28H31N3O3. The van der Waals surface area contributed by atoms with E-state index >= 15 is 0 Å². The van der Waals surface area contributed by atoms with Crippen LogP contribution in [0.25, 0.3) is 11.0 Å². The average molecular weight is 458 g/mol. The van der Waals surface area contributed by atoms with Crippen molar-refractivity contribution in [1.82, 2.24) is 14.9 Å². The average Bonchev–Trinajstić information content (AvgIpc) is 3.22. The van der Waals surface area contributed by atoms with Crippen LogP contribution in [0.3, 0.4) is 0 Å². The van der Waals surface area contributed by atoms with Crippen molar-refractivity contribution in [1.29, 1.82) is 0 Å². The molecule has 0 aliphatic carbocycles. The van der Waals surface area contributed by atoms with Crippen LogP contribution in [0.1, 0.15) is 24.7 Å². The normalized spacial score (nSPS) is 10.9. The summed E-state index contributed by atoms with van der Waals surface area (Å²) in [6.45, 7) is 4.24. The molecule has 0 saturated carbocycles. The lowest BCUT2D eigenvalue weighted by Crippen LogP contribution is -2.27. The highest BCUT2D eigenvalue weighted by atomic mass is 16.5. The monoisotopic (exact) mass is 457 g/mol. The Hall–Kier alpha value is -3.80. The van der Waals surface area contributed by atoms with Crippen molar-refractivity contribution in [2.24, 2.45) is 0 Å². The minimum atomic E-state index is 0.0578. The molecule has 4 rings (SSSR count). The van der Waals surface area contributed by atoms with E-state index in [1.54, 1.807) is 0 Å². The minimum Gasteiger partial charge on any atom is -0.490 e. The Morgan fingerprint density at radius 1 is 0.882 bits per heavy atom. The lowest BCUT2D eigenvalue weighted by Gasteiger charge is -2.14. The Bertz CT molecular complexity index is 1200. The third kappa shape index (κ3) is 6.16. The van der Waals surface area contributed by atoms with Crippen LogP contribution in [0.15, 0.2) is 78.9 Å². The van der Waals surface area contributed by atoms with Crippen molar-refractivity contribution in [3.63, 3.8) is 0 Å². The molecule has 0 radical (unpaired) electrons. The van der Waals surface area contributed by atoms with Crippen LogP contribution in [0.2, 0.25) is 0 Å². The second-order valence-corrected chi connectivity index (χ2v) is 7.98. The SMILES string of the molecule is CCOc1ccccc1OCCn1c(CCNC(=O)CCc2ccccc2)nc2ccccc21. The standard InChI is InChI=1S/C28H31N3O3/c1-2-33-25-14-8-9-15-26(25)34-21-20-31-24-13-7-6-12-23(24)30-27(31)18-19-29-28(32)17-16-22-10-4-3-5-11-22/h3-15H,2,16-21H2,1H3,(H,29,32). The van der Waals surface area contributed by atoms with Gasteiger partial charge >= 0.3 is 0 Å². The van der Waals surface area contributed by atoms with Gasteiger partial charge in [0.1, 0.15) is 12.4 Å². The summed E-state index contributed by atoms with van der Waals surface area (Å²) < 4.78 is 13.9. The number of para-hydroxylation sites is 4. The van der Waals surface area contributed by atoms with Crippen LogP contribution in [0.4, 0.5) is 0 Å². The number of fused-ring (bicyclic) bond motifs is 1. The number of aromatic nitrogens is 2. The highest BCUT2D eigenvalue weighted by Gasteiger charge is 2.12. The first kappa shape index (κ1) is 23.4. The summed E-state index contributed by atoms with van der Waals surface area (Å²) in [6, 6.07) is 25.9. The van der Waals surface area contributed by atoms with Gasteiger partial charge in [0, 0.05) is 19.4 Å². The number of benzene rings is 3. The van der Waals surface area contributed by atoms with Crippen molar-refractivity contribution in [3.8, 4) is 11.5 Å². The molecule has 6 heteroatoms. The summed E-state index contributed by atoms with van der Waals surface area (Å²) in [4.78, 5) is 17.1. The molecule has 34 heavy (non-hydrogen) atoms. The summed E-state index contributed by atoms with van der Waals surface area (Å²) in [6.07, 6.45) is 1.88. The van der Waals surface area contributed by atoms with E-state index < -0.39 is 0 Å². The number of nitrogens with zero attached hydrogens (tertiary/aromatic N) is 2. The van der Waals surface area contributed by atoms with Gasteiger partial charge in [-0.2, -0.15) is 0 Å². The maximum absolute atomic E-state index is 12.3. The van der Waals surface area contributed by atoms with E-state index in [9.17, 15) is 4.79 Å². The summed E-state index contributed by atoms with van der Waals surface area (Å²) >= 11 is 0. The number of amides is 1. The Balaban J connectivity index is 1.35. The first-order valence-corrected chi connectivity index (χ1v) is 11.8. The second-order valence-electron chi connectivity index (χ2n) is 7.98. The quantitative estimate of drug-likeness (QED) is 0.332. The van der Waals surface area contributed by atoms with Gasteiger partial charge in [-0.05, 0) is 43.2 Å². The van der Waals surface area contributed by atoms with E-state index in [1.807, 2.05) is 79.7 Å². The Labute approximate surface area is 200 Å². The number of carbonyl (C=O) groups is 1. The Kier molecular flexibility index (Phi) is 8.17. The molecule has 176 valence electrons. The third-order valence-corrected chi connectivity index (χ3v) is 5.61.